The van der Waals surface area contributed by atoms with Crippen LogP contribution >= 0.6 is 0 Å². The highest BCUT2D eigenvalue weighted by molar-refractivity contribution is 5.97. The Morgan fingerprint density at radius 1 is 0.966 bits per heavy atom. The zero-order valence-corrected chi connectivity index (χ0v) is 16.8. The van der Waals surface area contributed by atoms with Crippen LogP contribution in [0.15, 0.2) is 48.5 Å². The van der Waals surface area contributed by atoms with E-state index in [0.717, 1.165) is 28.0 Å². The van der Waals surface area contributed by atoms with Gasteiger partial charge >= 0.3 is 0 Å². The molecule has 0 unspecified atom stereocenters. The zero-order valence-electron chi connectivity index (χ0n) is 16.8. The van der Waals surface area contributed by atoms with Gasteiger partial charge in [-0.2, -0.15) is 0 Å². The highest BCUT2D eigenvalue weighted by Gasteiger charge is 2.40. The molecule has 2 fully saturated rings. The number of aromatic nitrogens is 2. The molecular weight excluding hydrogens is 362 g/mol. The van der Waals surface area contributed by atoms with E-state index in [4.69, 9.17) is 4.74 Å². The average molecular weight is 387 g/mol. The Hall–Kier alpha value is -2.79. The van der Waals surface area contributed by atoms with E-state index in [1.807, 2.05) is 55.1 Å². The van der Waals surface area contributed by atoms with E-state index in [0.29, 0.717) is 24.6 Å². The van der Waals surface area contributed by atoms with Crippen LogP contribution in [0.4, 0.5) is 0 Å². The van der Waals surface area contributed by atoms with Crippen LogP contribution in [0.25, 0.3) is 11.0 Å². The van der Waals surface area contributed by atoms with Crippen molar-refractivity contribution in [2.45, 2.75) is 38.9 Å². The van der Waals surface area contributed by atoms with Gasteiger partial charge in [0.15, 0.2) is 0 Å². The number of hydrogen-bond acceptors (Lipinski definition) is 4. The minimum absolute atomic E-state index is 0.0433. The van der Waals surface area contributed by atoms with E-state index in [1.54, 1.807) is 0 Å². The van der Waals surface area contributed by atoms with Gasteiger partial charge in [-0.3, -0.25) is 4.79 Å². The second kappa shape index (κ2) is 7.23. The molecule has 0 radical (unpaired) electrons. The van der Waals surface area contributed by atoms with Crippen molar-refractivity contribution in [1.29, 1.82) is 0 Å². The van der Waals surface area contributed by atoms with Gasteiger partial charge in [-0.15, -0.1) is 0 Å². The minimum atomic E-state index is -0.0790. The normalized spacial score (nSPS) is 22.1. The average Bonchev–Trinajstić information content (AvgIpc) is 3.59. The molecule has 2 aromatic carbocycles. The molecule has 0 bridgehead atoms. The molecule has 1 aliphatic heterocycles. The highest BCUT2D eigenvalue weighted by atomic mass is 16.5. The van der Waals surface area contributed by atoms with Crippen LogP contribution in [0.5, 0.6) is 0 Å². The largest absolute Gasteiger partial charge is 0.366 e. The first-order valence-corrected chi connectivity index (χ1v) is 10.3. The molecule has 5 nitrogen and oxygen atoms in total. The second-order valence-corrected chi connectivity index (χ2v) is 8.22. The molecule has 2 heterocycles. The number of nitrogens with zero attached hydrogens (tertiary/aromatic N) is 3. The van der Waals surface area contributed by atoms with E-state index in [2.05, 4.69) is 22.1 Å². The number of fused-ring (bicyclic) bond motifs is 1. The second-order valence-electron chi connectivity index (χ2n) is 8.22. The van der Waals surface area contributed by atoms with Crippen LogP contribution in [0, 0.1) is 19.8 Å². The fourth-order valence-corrected chi connectivity index (χ4v) is 4.08. The SMILES string of the molecule is Cc1nc2ccc(C(=O)N3C[C@@H](c4ccccc4)O[C@@H](C4CC4)C3)cc2nc1C. The summed E-state index contributed by atoms with van der Waals surface area (Å²) in [6.07, 6.45) is 2.42. The summed E-state index contributed by atoms with van der Waals surface area (Å²) < 4.78 is 6.40. The van der Waals surface area contributed by atoms with Gasteiger partial charge in [-0.25, -0.2) is 9.97 Å². The Kier molecular flexibility index (Phi) is 4.55. The lowest BCUT2D eigenvalue weighted by Gasteiger charge is -2.38. The smallest absolute Gasteiger partial charge is 0.254 e. The summed E-state index contributed by atoms with van der Waals surface area (Å²) in [5, 5.41) is 0. The number of amides is 1. The Morgan fingerprint density at radius 3 is 2.41 bits per heavy atom. The maximum atomic E-state index is 13.4. The molecule has 2 aliphatic rings. The van der Waals surface area contributed by atoms with Gasteiger partial charge in [0.2, 0.25) is 0 Å². The monoisotopic (exact) mass is 387 g/mol. The standard InChI is InChI=1S/C24H25N3O2/c1-15-16(2)26-21-12-19(10-11-20(21)25-15)24(28)27-13-22(17-6-4-3-5-7-17)29-23(14-27)18-8-9-18/h3-7,10-12,18,22-23H,8-9,13-14H2,1-2H3/t22-,23+/m0/s1. The number of carbonyl (C=O) groups is 1. The van der Waals surface area contributed by atoms with Gasteiger partial charge in [0.1, 0.15) is 6.10 Å². The molecule has 1 aromatic heterocycles. The molecule has 0 spiro atoms. The summed E-state index contributed by atoms with van der Waals surface area (Å²) in [5.74, 6) is 0.617. The Morgan fingerprint density at radius 2 is 1.69 bits per heavy atom. The van der Waals surface area contributed by atoms with Gasteiger partial charge < -0.3 is 9.64 Å². The van der Waals surface area contributed by atoms with Gasteiger partial charge in [-0.1, -0.05) is 30.3 Å². The number of hydrogen-bond donors (Lipinski definition) is 0. The molecule has 5 rings (SSSR count). The summed E-state index contributed by atoms with van der Waals surface area (Å²) in [6, 6.07) is 15.9. The molecule has 5 heteroatoms. The van der Waals surface area contributed by atoms with Gasteiger partial charge in [-0.05, 0) is 56.4 Å². The fraction of sp³-hybridized carbons (Fsp3) is 0.375. The highest BCUT2D eigenvalue weighted by Crippen LogP contribution is 2.39. The molecule has 1 amide bonds. The van der Waals surface area contributed by atoms with Crippen molar-refractivity contribution < 1.29 is 9.53 Å². The third-order valence-corrected chi connectivity index (χ3v) is 6.05. The van der Waals surface area contributed by atoms with Gasteiger partial charge in [0, 0.05) is 12.1 Å². The summed E-state index contributed by atoms with van der Waals surface area (Å²) in [7, 11) is 0. The van der Waals surface area contributed by atoms with Crippen LogP contribution < -0.4 is 0 Å². The van der Waals surface area contributed by atoms with E-state index in [9.17, 15) is 4.79 Å². The van der Waals surface area contributed by atoms with E-state index >= 15 is 0 Å². The van der Waals surface area contributed by atoms with Crippen LogP contribution in [0.3, 0.4) is 0 Å². The maximum Gasteiger partial charge on any atom is 0.254 e. The van der Waals surface area contributed by atoms with Crippen molar-refractivity contribution in [3.05, 3.63) is 71.0 Å². The van der Waals surface area contributed by atoms with Crippen molar-refractivity contribution in [3.63, 3.8) is 0 Å². The number of benzene rings is 2. The maximum absolute atomic E-state index is 13.4. The topological polar surface area (TPSA) is 55.3 Å². The number of aryl methyl sites for hydroxylation is 2. The summed E-state index contributed by atoms with van der Waals surface area (Å²) in [6.45, 7) is 5.13. The first-order chi connectivity index (χ1) is 14.1. The number of ether oxygens (including phenoxy) is 1. The first-order valence-electron chi connectivity index (χ1n) is 10.3. The molecule has 148 valence electrons. The predicted octanol–water partition coefficient (Wildman–Crippen LogP) is 4.24. The molecule has 1 aliphatic carbocycles. The van der Waals surface area contributed by atoms with Crippen molar-refractivity contribution >= 4 is 16.9 Å². The van der Waals surface area contributed by atoms with Crippen LogP contribution in [0.2, 0.25) is 0 Å². The molecule has 1 saturated heterocycles. The third kappa shape index (κ3) is 3.62. The van der Waals surface area contributed by atoms with Crippen LogP contribution in [-0.4, -0.2) is 40.0 Å². The third-order valence-electron chi connectivity index (χ3n) is 6.05. The Bertz CT molecular complexity index is 1060. The van der Waals surface area contributed by atoms with Crippen molar-refractivity contribution in [1.82, 2.24) is 14.9 Å². The number of carbonyl (C=O) groups excluding carboxylic acids is 1. The quantitative estimate of drug-likeness (QED) is 0.675. The van der Waals surface area contributed by atoms with E-state index in [-0.39, 0.29) is 18.1 Å². The minimum Gasteiger partial charge on any atom is -0.366 e. The Labute approximate surface area is 170 Å². The number of morpholine rings is 1. The number of rotatable bonds is 3. The van der Waals surface area contributed by atoms with Crippen LogP contribution in [-0.2, 0) is 4.74 Å². The van der Waals surface area contributed by atoms with Crippen molar-refractivity contribution in [2.24, 2.45) is 5.92 Å². The lowest BCUT2D eigenvalue weighted by atomic mass is 10.0. The molecular formula is C24H25N3O2. The predicted molar refractivity (Wildman–Crippen MR) is 112 cm³/mol. The van der Waals surface area contributed by atoms with Crippen molar-refractivity contribution in [3.8, 4) is 0 Å². The molecule has 2 atom stereocenters. The molecule has 29 heavy (non-hydrogen) atoms. The van der Waals surface area contributed by atoms with Gasteiger partial charge in [0.25, 0.3) is 5.91 Å². The first kappa shape index (κ1) is 18.3. The fourth-order valence-electron chi connectivity index (χ4n) is 4.08. The Balaban J connectivity index is 1.44. The summed E-state index contributed by atoms with van der Waals surface area (Å²) in [5.41, 5.74) is 5.20. The van der Waals surface area contributed by atoms with Gasteiger partial charge in [0.05, 0.1) is 35.1 Å². The van der Waals surface area contributed by atoms with Crippen LogP contribution in [0.1, 0.15) is 46.3 Å². The lowest BCUT2D eigenvalue weighted by Crippen LogP contribution is -2.47. The summed E-state index contributed by atoms with van der Waals surface area (Å²) >= 11 is 0. The van der Waals surface area contributed by atoms with Crippen molar-refractivity contribution in [2.75, 3.05) is 13.1 Å². The van der Waals surface area contributed by atoms with E-state index in [1.165, 1.54) is 12.8 Å². The summed E-state index contributed by atoms with van der Waals surface area (Å²) in [4.78, 5) is 24.5. The zero-order chi connectivity index (χ0) is 20.0. The molecule has 0 N–H and O–H groups in total. The molecule has 3 aromatic rings. The van der Waals surface area contributed by atoms with E-state index < -0.39 is 0 Å². The molecule has 1 saturated carbocycles. The lowest BCUT2D eigenvalue weighted by molar-refractivity contribution is -0.0863.